The molecule has 0 unspecified atom stereocenters. The third-order valence-corrected chi connectivity index (χ3v) is 5.71. The lowest BCUT2D eigenvalue weighted by Crippen LogP contribution is -2.43. The number of carbonyl (C=O) groups excluding carboxylic acids is 1. The van der Waals surface area contributed by atoms with E-state index in [9.17, 15) is 9.90 Å². The van der Waals surface area contributed by atoms with Crippen molar-refractivity contribution in [3.05, 3.63) is 30.1 Å². The summed E-state index contributed by atoms with van der Waals surface area (Å²) in [4.78, 5) is 18.1. The summed E-state index contributed by atoms with van der Waals surface area (Å²) in [5.74, 6) is -0.306. The van der Waals surface area contributed by atoms with E-state index in [1.165, 1.54) is 0 Å². The molecule has 0 spiro atoms. The zero-order valence-electron chi connectivity index (χ0n) is 13.5. The number of hydrogen-bond donors (Lipinski definition) is 1. The van der Waals surface area contributed by atoms with E-state index >= 15 is 0 Å². The van der Waals surface area contributed by atoms with E-state index in [2.05, 4.69) is 4.98 Å². The molecule has 4 heterocycles. The Morgan fingerprint density at radius 2 is 2.12 bits per heavy atom. The Kier molecular flexibility index (Phi) is 4.04. The number of hydrogen-bond acceptors (Lipinski definition) is 7. The van der Waals surface area contributed by atoms with Gasteiger partial charge < -0.3 is 24.2 Å². The van der Waals surface area contributed by atoms with Gasteiger partial charge in [-0.3, -0.25) is 9.78 Å². The van der Waals surface area contributed by atoms with Gasteiger partial charge in [0.25, 0.3) is 0 Å². The van der Waals surface area contributed by atoms with Crippen molar-refractivity contribution in [3.8, 4) is 0 Å². The zero-order chi connectivity index (χ0) is 16.9. The first-order valence-electron chi connectivity index (χ1n) is 7.95. The molecule has 1 amide bonds. The normalized spacial score (nSPS) is 37.9. The number of thioether (sulfide) groups is 1. The molecule has 24 heavy (non-hydrogen) atoms. The molecule has 0 aromatic carbocycles. The fraction of sp³-hybridized carbons (Fsp3) is 0.625. The molecule has 3 aliphatic rings. The van der Waals surface area contributed by atoms with E-state index in [0.29, 0.717) is 12.3 Å². The lowest BCUT2D eigenvalue weighted by Gasteiger charge is -2.29. The van der Waals surface area contributed by atoms with Gasteiger partial charge in [-0.2, -0.15) is 0 Å². The van der Waals surface area contributed by atoms with Gasteiger partial charge in [-0.05, 0) is 31.5 Å². The van der Waals surface area contributed by atoms with Gasteiger partial charge in [-0.25, -0.2) is 0 Å². The molecule has 5 atom stereocenters. The van der Waals surface area contributed by atoms with E-state index in [4.69, 9.17) is 14.2 Å². The minimum Gasteiger partial charge on any atom is -0.387 e. The van der Waals surface area contributed by atoms with Crippen molar-refractivity contribution in [3.63, 3.8) is 0 Å². The highest BCUT2D eigenvalue weighted by atomic mass is 32.2. The molecule has 4 rings (SSSR count). The number of rotatable bonds is 3. The van der Waals surface area contributed by atoms with Gasteiger partial charge in [0.1, 0.15) is 23.7 Å². The van der Waals surface area contributed by atoms with Crippen LogP contribution in [-0.4, -0.2) is 63.6 Å². The van der Waals surface area contributed by atoms with Crippen LogP contribution in [0.15, 0.2) is 24.5 Å². The van der Waals surface area contributed by atoms with Crippen molar-refractivity contribution in [1.82, 2.24) is 9.88 Å². The quantitative estimate of drug-likeness (QED) is 0.865. The second-order valence-electron chi connectivity index (χ2n) is 6.62. The summed E-state index contributed by atoms with van der Waals surface area (Å²) < 4.78 is 17.2. The van der Waals surface area contributed by atoms with E-state index in [1.807, 2.05) is 12.1 Å². The van der Waals surface area contributed by atoms with Gasteiger partial charge in [0.05, 0.1) is 12.3 Å². The number of fused-ring (bicyclic) bond motifs is 1. The Balaban J connectivity index is 1.48. The second kappa shape index (κ2) is 5.96. The van der Waals surface area contributed by atoms with Crippen molar-refractivity contribution in [1.29, 1.82) is 0 Å². The Morgan fingerprint density at radius 1 is 1.38 bits per heavy atom. The van der Waals surface area contributed by atoms with Crippen molar-refractivity contribution in [2.75, 3.05) is 12.3 Å². The number of aliphatic hydroxyl groups is 1. The zero-order valence-corrected chi connectivity index (χ0v) is 14.3. The Hall–Kier alpha value is -1.19. The number of aliphatic hydroxyl groups excluding tert-OH is 1. The molecule has 1 N–H and O–H groups in total. The molecule has 1 aromatic heterocycles. The highest BCUT2D eigenvalue weighted by molar-refractivity contribution is 8.00. The summed E-state index contributed by atoms with van der Waals surface area (Å²) in [5, 5.41) is 10.4. The molecule has 3 saturated heterocycles. The maximum Gasteiger partial charge on any atom is 0.233 e. The average molecular weight is 352 g/mol. The number of aromatic nitrogens is 1. The third kappa shape index (κ3) is 2.82. The fourth-order valence-corrected chi connectivity index (χ4v) is 4.56. The standard InChI is InChI=1S/C16H20N2O5S/c1-16(2)22-13-12(20)10(21-15(13)23-16)7-18-11(19)8-24-14(18)9-3-5-17-6-4-9/h3-6,10,12-15,20H,7-8H2,1-2H3/t10-,12+,13-,14+,15-/m1/s1. The molecule has 1 aromatic rings. The van der Waals surface area contributed by atoms with Crippen LogP contribution in [0, 0.1) is 0 Å². The molecule has 3 aliphatic heterocycles. The van der Waals surface area contributed by atoms with E-state index < -0.39 is 30.4 Å². The lowest BCUT2D eigenvalue weighted by molar-refractivity contribution is -0.216. The molecule has 3 fully saturated rings. The molecule has 0 radical (unpaired) electrons. The first-order chi connectivity index (χ1) is 11.4. The Bertz CT molecular complexity index is 628. The predicted molar refractivity (Wildman–Crippen MR) is 85.9 cm³/mol. The van der Waals surface area contributed by atoms with Crippen LogP contribution in [0.5, 0.6) is 0 Å². The topological polar surface area (TPSA) is 81.1 Å². The summed E-state index contributed by atoms with van der Waals surface area (Å²) in [6.07, 6.45) is 0.966. The summed E-state index contributed by atoms with van der Waals surface area (Å²) in [7, 11) is 0. The van der Waals surface area contributed by atoms with E-state index in [1.54, 1.807) is 42.9 Å². The van der Waals surface area contributed by atoms with Crippen molar-refractivity contribution < 1.29 is 24.1 Å². The second-order valence-corrected chi connectivity index (χ2v) is 7.69. The molecule has 130 valence electrons. The molecular weight excluding hydrogens is 332 g/mol. The highest BCUT2D eigenvalue weighted by Gasteiger charge is 2.55. The van der Waals surface area contributed by atoms with Gasteiger partial charge >= 0.3 is 0 Å². The Labute approximate surface area is 144 Å². The van der Waals surface area contributed by atoms with Crippen LogP contribution in [-0.2, 0) is 19.0 Å². The number of amides is 1. The Morgan fingerprint density at radius 3 is 2.83 bits per heavy atom. The first-order valence-corrected chi connectivity index (χ1v) is 9.00. The third-order valence-electron chi connectivity index (χ3n) is 4.45. The van der Waals surface area contributed by atoms with Crippen molar-refractivity contribution in [2.45, 2.75) is 49.6 Å². The van der Waals surface area contributed by atoms with Gasteiger partial charge in [0, 0.05) is 12.4 Å². The SMILES string of the molecule is CC1(C)O[C@H]2O[C@H](CN3C(=O)CS[C@H]3c3ccncc3)[C@H](O)[C@H]2O1. The van der Waals surface area contributed by atoms with Gasteiger partial charge in [0.2, 0.25) is 5.91 Å². The summed E-state index contributed by atoms with van der Waals surface area (Å²) in [6.45, 7) is 3.88. The van der Waals surface area contributed by atoms with E-state index in [0.717, 1.165) is 5.56 Å². The molecule has 8 heteroatoms. The monoisotopic (exact) mass is 352 g/mol. The molecule has 7 nitrogen and oxygen atoms in total. The minimum absolute atomic E-state index is 0.0387. The number of nitrogens with zero attached hydrogens (tertiary/aromatic N) is 2. The largest absolute Gasteiger partial charge is 0.387 e. The maximum atomic E-state index is 12.3. The van der Waals surface area contributed by atoms with Crippen LogP contribution in [0.2, 0.25) is 0 Å². The smallest absolute Gasteiger partial charge is 0.233 e. The average Bonchev–Trinajstić information content (AvgIpc) is 3.15. The molecule has 0 bridgehead atoms. The number of pyridine rings is 1. The van der Waals surface area contributed by atoms with Gasteiger partial charge in [-0.15, -0.1) is 11.8 Å². The van der Waals surface area contributed by atoms with Crippen LogP contribution in [0.3, 0.4) is 0 Å². The maximum absolute atomic E-state index is 12.3. The predicted octanol–water partition coefficient (Wildman–Crippen LogP) is 0.893. The lowest BCUT2D eigenvalue weighted by atomic mass is 10.1. The van der Waals surface area contributed by atoms with Gasteiger partial charge in [-0.1, -0.05) is 0 Å². The molecular formula is C16H20N2O5S. The fourth-order valence-electron chi connectivity index (χ4n) is 3.36. The minimum atomic E-state index is -0.826. The number of carbonyl (C=O) groups is 1. The highest BCUT2D eigenvalue weighted by Crippen LogP contribution is 2.41. The van der Waals surface area contributed by atoms with Crippen molar-refractivity contribution >= 4 is 17.7 Å². The van der Waals surface area contributed by atoms with Crippen LogP contribution in [0.4, 0.5) is 0 Å². The van der Waals surface area contributed by atoms with Crippen LogP contribution in [0.1, 0.15) is 24.8 Å². The molecule has 0 saturated carbocycles. The van der Waals surface area contributed by atoms with E-state index in [-0.39, 0.29) is 11.3 Å². The van der Waals surface area contributed by atoms with Crippen LogP contribution >= 0.6 is 11.8 Å². The van der Waals surface area contributed by atoms with Crippen LogP contribution < -0.4 is 0 Å². The van der Waals surface area contributed by atoms with Crippen molar-refractivity contribution in [2.24, 2.45) is 0 Å². The number of ether oxygens (including phenoxy) is 3. The first kappa shape index (κ1) is 16.3. The summed E-state index contributed by atoms with van der Waals surface area (Å²) in [5.41, 5.74) is 1.02. The summed E-state index contributed by atoms with van der Waals surface area (Å²) >= 11 is 1.57. The molecule has 0 aliphatic carbocycles. The van der Waals surface area contributed by atoms with Gasteiger partial charge in [0.15, 0.2) is 12.1 Å². The summed E-state index contributed by atoms with van der Waals surface area (Å²) in [6, 6.07) is 3.80. The van der Waals surface area contributed by atoms with Crippen LogP contribution in [0.25, 0.3) is 0 Å².